The Morgan fingerprint density at radius 2 is 2.25 bits per heavy atom. The molecule has 7 nitrogen and oxygen atoms in total. The molecule has 0 radical (unpaired) electrons. The van der Waals surface area contributed by atoms with Crippen LogP contribution in [0.25, 0.3) is 11.3 Å². The molecule has 1 atom stereocenters. The first-order valence-corrected chi connectivity index (χ1v) is 7.97. The zero-order valence-electron chi connectivity index (χ0n) is 13.1. The predicted molar refractivity (Wildman–Crippen MR) is 86.1 cm³/mol. The average Bonchev–Trinajstić information content (AvgIpc) is 3.34. The van der Waals surface area contributed by atoms with E-state index in [1.165, 1.54) is 0 Å². The van der Waals surface area contributed by atoms with Gasteiger partial charge in [0.05, 0.1) is 6.04 Å². The van der Waals surface area contributed by atoms with E-state index >= 15 is 0 Å². The van der Waals surface area contributed by atoms with Crippen LogP contribution in [-0.4, -0.2) is 43.8 Å². The zero-order chi connectivity index (χ0) is 16.4. The van der Waals surface area contributed by atoms with Gasteiger partial charge in [-0.25, -0.2) is 0 Å². The quantitative estimate of drug-likeness (QED) is 0.740. The van der Waals surface area contributed by atoms with E-state index in [1.807, 2.05) is 34.0 Å². The molecule has 24 heavy (non-hydrogen) atoms. The minimum absolute atomic E-state index is 0.106. The summed E-state index contributed by atoms with van der Waals surface area (Å²) in [5, 5.41) is 8.23. The van der Waals surface area contributed by atoms with Crippen molar-refractivity contribution in [3.63, 3.8) is 0 Å². The Morgan fingerprint density at radius 3 is 3.04 bits per heavy atom. The van der Waals surface area contributed by atoms with Crippen molar-refractivity contribution in [2.45, 2.75) is 18.9 Å². The van der Waals surface area contributed by atoms with E-state index in [2.05, 4.69) is 15.2 Å². The first kappa shape index (κ1) is 14.6. The lowest BCUT2D eigenvalue weighted by Gasteiger charge is -2.32. The number of pyridine rings is 1. The SMILES string of the molecule is O=C(c1cc(-c2cccnc2)on1)N1CCCC(n2cccn2)C1. The van der Waals surface area contributed by atoms with E-state index in [4.69, 9.17) is 4.52 Å². The standard InChI is InChI=1S/C17H17N5O2/c23-17(15-10-16(24-20-15)13-4-1-6-18-11-13)21-8-2-5-14(12-21)22-9-3-7-19-22/h1,3-4,6-7,9-11,14H,2,5,8,12H2. The molecule has 1 unspecified atom stereocenters. The lowest BCUT2D eigenvalue weighted by Crippen LogP contribution is -2.41. The number of carbonyl (C=O) groups excluding carboxylic acids is 1. The summed E-state index contributed by atoms with van der Waals surface area (Å²) in [5.41, 5.74) is 1.13. The average molecular weight is 323 g/mol. The van der Waals surface area contributed by atoms with Gasteiger partial charge in [-0.2, -0.15) is 5.10 Å². The van der Waals surface area contributed by atoms with Crippen LogP contribution >= 0.6 is 0 Å². The van der Waals surface area contributed by atoms with Crippen LogP contribution in [0.1, 0.15) is 29.4 Å². The van der Waals surface area contributed by atoms with Crippen LogP contribution in [0.2, 0.25) is 0 Å². The largest absolute Gasteiger partial charge is 0.355 e. The number of carbonyl (C=O) groups is 1. The Hall–Kier alpha value is -2.96. The summed E-state index contributed by atoms with van der Waals surface area (Å²) in [5.74, 6) is 0.442. The molecule has 4 rings (SSSR count). The lowest BCUT2D eigenvalue weighted by atomic mass is 10.1. The van der Waals surface area contributed by atoms with Crippen LogP contribution in [0.5, 0.6) is 0 Å². The highest BCUT2D eigenvalue weighted by Gasteiger charge is 2.27. The summed E-state index contributed by atoms with van der Waals surface area (Å²) < 4.78 is 7.23. The second-order valence-electron chi connectivity index (χ2n) is 5.85. The van der Waals surface area contributed by atoms with Crippen molar-refractivity contribution >= 4 is 5.91 Å². The van der Waals surface area contributed by atoms with Gasteiger partial charge in [-0.05, 0) is 31.0 Å². The first-order chi connectivity index (χ1) is 11.8. The van der Waals surface area contributed by atoms with E-state index in [0.717, 1.165) is 24.9 Å². The van der Waals surface area contributed by atoms with Crippen molar-refractivity contribution in [3.05, 3.63) is 54.7 Å². The number of hydrogen-bond acceptors (Lipinski definition) is 5. The number of hydrogen-bond donors (Lipinski definition) is 0. The Labute approximate surface area is 138 Å². The van der Waals surface area contributed by atoms with Gasteiger partial charge in [-0.15, -0.1) is 0 Å². The molecule has 0 spiro atoms. The molecule has 0 aromatic carbocycles. The molecule has 1 amide bonds. The van der Waals surface area contributed by atoms with Crippen molar-refractivity contribution < 1.29 is 9.32 Å². The maximum absolute atomic E-state index is 12.7. The molecule has 0 aliphatic carbocycles. The molecule has 1 saturated heterocycles. The minimum Gasteiger partial charge on any atom is -0.355 e. The molecule has 1 fully saturated rings. The molecule has 0 bridgehead atoms. The summed E-state index contributed by atoms with van der Waals surface area (Å²) in [6.07, 6.45) is 9.04. The fourth-order valence-corrected chi connectivity index (χ4v) is 3.03. The van der Waals surface area contributed by atoms with Gasteiger partial charge in [0.15, 0.2) is 11.5 Å². The number of rotatable bonds is 3. The predicted octanol–water partition coefficient (Wildman–Crippen LogP) is 2.41. The Balaban J connectivity index is 1.50. The lowest BCUT2D eigenvalue weighted by molar-refractivity contribution is 0.0662. The fraction of sp³-hybridized carbons (Fsp3) is 0.294. The molecule has 4 heterocycles. The van der Waals surface area contributed by atoms with E-state index in [1.54, 1.807) is 24.7 Å². The number of likely N-dealkylation sites (tertiary alicyclic amines) is 1. The maximum Gasteiger partial charge on any atom is 0.276 e. The van der Waals surface area contributed by atoms with Crippen molar-refractivity contribution in [2.24, 2.45) is 0 Å². The number of piperidine rings is 1. The van der Waals surface area contributed by atoms with E-state index < -0.39 is 0 Å². The van der Waals surface area contributed by atoms with Crippen molar-refractivity contribution in [1.29, 1.82) is 0 Å². The highest BCUT2D eigenvalue weighted by Crippen LogP contribution is 2.24. The normalized spacial score (nSPS) is 17.8. The van der Waals surface area contributed by atoms with Crippen LogP contribution in [0.15, 0.2) is 53.6 Å². The second-order valence-corrected chi connectivity index (χ2v) is 5.85. The van der Waals surface area contributed by atoms with Crippen molar-refractivity contribution in [1.82, 2.24) is 24.8 Å². The van der Waals surface area contributed by atoms with Crippen molar-refractivity contribution in [3.8, 4) is 11.3 Å². The zero-order valence-corrected chi connectivity index (χ0v) is 13.1. The van der Waals surface area contributed by atoms with Crippen LogP contribution in [0, 0.1) is 0 Å². The van der Waals surface area contributed by atoms with Gasteiger partial charge in [0.2, 0.25) is 0 Å². The number of aromatic nitrogens is 4. The summed E-state index contributed by atoms with van der Waals surface area (Å²) in [6, 6.07) is 7.48. The Morgan fingerprint density at radius 1 is 1.29 bits per heavy atom. The summed E-state index contributed by atoms with van der Waals surface area (Å²) >= 11 is 0. The third-order valence-corrected chi connectivity index (χ3v) is 4.26. The van der Waals surface area contributed by atoms with Crippen LogP contribution in [-0.2, 0) is 0 Å². The summed E-state index contributed by atoms with van der Waals surface area (Å²) in [7, 11) is 0. The van der Waals surface area contributed by atoms with Gasteiger partial charge >= 0.3 is 0 Å². The molecule has 122 valence electrons. The van der Waals surface area contributed by atoms with Crippen LogP contribution < -0.4 is 0 Å². The van der Waals surface area contributed by atoms with Gasteiger partial charge in [0.1, 0.15) is 0 Å². The third-order valence-electron chi connectivity index (χ3n) is 4.26. The van der Waals surface area contributed by atoms with Gasteiger partial charge < -0.3 is 9.42 Å². The first-order valence-electron chi connectivity index (χ1n) is 7.97. The maximum atomic E-state index is 12.7. The van der Waals surface area contributed by atoms with Crippen LogP contribution in [0.4, 0.5) is 0 Å². The number of nitrogens with zero attached hydrogens (tertiary/aromatic N) is 5. The summed E-state index contributed by atoms with van der Waals surface area (Å²) in [4.78, 5) is 18.6. The minimum atomic E-state index is -0.106. The van der Waals surface area contributed by atoms with Gasteiger partial charge in [-0.3, -0.25) is 14.5 Å². The Kier molecular flexibility index (Phi) is 3.82. The third kappa shape index (κ3) is 2.80. The Bertz CT molecular complexity index is 813. The van der Waals surface area contributed by atoms with Gasteiger partial charge in [0.25, 0.3) is 5.91 Å². The van der Waals surface area contributed by atoms with E-state index in [-0.39, 0.29) is 11.9 Å². The second kappa shape index (κ2) is 6.27. The smallest absolute Gasteiger partial charge is 0.276 e. The highest BCUT2D eigenvalue weighted by atomic mass is 16.5. The molecule has 1 aliphatic heterocycles. The van der Waals surface area contributed by atoms with E-state index in [0.29, 0.717) is 18.0 Å². The van der Waals surface area contributed by atoms with Gasteiger partial charge in [-0.1, -0.05) is 5.16 Å². The molecule has 0 saturated carbocycles. The molecule has 0 N–H and O–H groups in total. The summed E-state index contributed by atoms with van der Waals surface area (Å²) in [6.45, 7) is 1.36. The topological polar surface area (TPSA) is 77.0 Å². The van der Waals surface area contributed by atoms with Gasteiger partial charge in [0, 0.05) is 49.5 Å². The highest BCUT2D eigenvalue weighted by molar-refractivity contribution is 5.93. The van der Waals surface area contributed by atoms with Crippen molar-refractivity contribution in [2.75, 3.05) is 13.1 Å². The molecule has 7 heteroatoms. The number of amides is 1. The fourth-order valence-electron chi connectivity index (χ4n) is 3.03. The molecule has 3 aromatic heterocycles. The molecule has 1 aliphatic rings. The molecular formula is C17H17N5O2. The molecular weight excluding hydrogens is 306 g/mol. The van der Waals surface area contributed by atoms with E-state index in [9.17, 15) is 4.79 Å². The monoisotopic (exact) mass is 323 g/mol. The molecule has 3 aromatic rings. The van der Waals surface area contributed by atoms with Crippen LogP contribution in [0.3, 0.4) is 0 Å².